The molecule has 0 saturated heterocycles. The lowest BCUT2D eigenvalue weighted by Crippen LogP contribution is -2.21. The molecule has 0 bridgehead atoms. The second kappa shape index (κ2) is 5.74. The molecule has 3 rings (SSSR count). The Hall–Kier alpha value is -2.45. The van der Waals surface area contributed by atoms with Gasteiger partial charge in [-0.2, -0.15) is 4.68 Å². The molecule has 3 heterocycles. The fourth-order valence-corrected chi connectivity index (χ4v) is 2.15. The van der Waals surface area contributed by atoms with Crippen LogP contribution in [0.2, 0.25) is 5.02 Å². The molecule has 0 radical (unpaired) electrons. The zero-order valence-corrected chi connectivity index (χ0v) is 12.3. The molecule has 0 saturated carbocycles. The lowest BCUT2D eigenvalue weighted by atomic mass is 10.3. The topological polar surface area (TPSA) is 91.6 Å². The number of methoxy groups -OCH3 is 1. The van der Waals surface area contributed by atoms with E-state index in [-0.39, 0.29) is 24.6 Å². The zero-order valence-electron chi connectivity index (χ0n) is 11.5. The van der Waals surface area contributed by atoms with Crippen LogP contribution in [0.4, 0.5) is 0 Å². The van der Waals surface area contributed by atoms with Gasteiger partial charge in [0.15, 0.2) is 0 Å². The van der Waals surface area contributed by atoms with Gasteiger partial charge in [0, 0.05) is 19.4 Å². The minimum atomic E-state index is -0.634. The summed E-state index contributed by atoms with van der Waals surface area (Å²) in [5.41, 5.74) is 0.531. The second-order valence-corrected chi connectivity index (χ2v) is 4.95. The Bertz CT molecular complexity index is 943. The van der Waals surface area contributed by atoms with E-state index in [0.717, 1.165) is 4.68 Å². The van der Waals surface area contributed by atoms with E-state index >= 15 is 0 Å². The number of rotatable bonds is 4. The number of fused-ring (bicyclic) bond motifs is 1. The van der Waals surface area contributed by atoms with E-state index in [1.807, 2.05) is 0 Å². The van der Waals surface area contributed by atoms with Crippen LogP contribution in [-0.4, -0.2) is 26.3 Å². The minimum Gasteiger partial charge on any atom is -0.390 e. The van der Waals surface area contributed by atoms with Crippen molar-refractivity contribution in [1.29, 1.82) is 0 Å². The highest BCUT2D eigenvalue weighted by Crippen LogP contribution is 2.08. The summed E-state index contributed by atoms with van der Waals surface area (Å²) in [5, 5.41) is 4.39. The van der Waals surface area contributed by atoms with Crippen LogP contribution in [0, 0.1) is 0 Å². The Morgan fingerprint density at radius 2 is 2.18 bits per heavy atom. The van der Waals surface area contributed by atoms with Crippen molar-refractivity contribution in [3.05, 3.63) is 61.9 Å². The molecule has 0 fully saturated rings. The third-order valence-electron chi connectivity index (χ3n) is 2.90. The maximum Gasteiger partial charge on any atom is 0.437 e. The van der Waals surface area contributed by atoms with Crippen molar-refractivity contribution in [2.24, 2.45) is 0 Å². The Balaban J connectivity index is 1.99. The monoisotopic (exact) mass is 322 g/mol. The molecule has 0 amide bonds. The summed E-state index contributed by atoms with van der Waals surface area (Å²) >= 11 is 5.85. The molecule has 0 aliphatic carbocycles. The standard InChI is InChI=1S/C13H11ClN4O4/c1-21-7-11-16-18(13(20)22-11)6-9-4-12(19)17-5-8(14)2-3-10(17)15-9/h2-5H,6-7H2,1H3. The van der Waals surface area contributed by atoms with Crippen molar-refractivity contribution >= 4 is 17.2 Å². The summed E-state index contributed by atoms with van der Waals surface area (Å²) in [4.78, 5) is 28.0. The number of nitrogens with zero attached hydrogens (tertiary/aromatic N) is 4. The van der Waals surface area contributed by atoms with Crippen molar-refractivity contribution in [2.75, 3.05) is 7.11 Å². The highest BCUT2D eigenvalue weighted by atomic mass is 35.5. The lowest BCUT2D eigenvalue weighted by Gasteiger charge is -2.03. The first kappa shape index (κ1) is 14.5. The van der Waals surface area contributed by atoms with Gasteiger partial charge in [-0.25, -0.2) is 9.78 Å². The largest absolute Gasteiger partial charge is 0.437 e. The number of halogens is 1. The summed E-state index contributed by atoms with van der Waals surface area (Å²) < 4.78 is 12.2. The fraction of sp³-hybridized carbons (Fsp3) is 0.231. The van der Waals surface area contributed by atoms with Gasteiger partial charge in [-0.05, 0) is 12.1 Å². The molecule has 3 aromatic heterocycles. The summed E-state index contributed by atoms with van der Waals surface area (Å²) in [6.45, 7) is 0.120. The molecule has 3 aromatic rings. The zero-order chi connectivity index (χ0) is 15.7. The van der Waals surface area contributed by atoms with E-state index in [2.05, 4.69) is 10.1 Å². The van der Waals surface area contributed by atoms with Gasteiger partial charge in [0.05, 0.1) is 17.3 Å². The lowest BCUT2D eigenvalue weighted by molar-refractivity contribution is 0.158. The predicted molar refractivity (Wildman–Crippen MR) is 77.1 cm³/mol. The summed E-state index contributed by atoms with van der Waals surface area (Å²) in [7, 11) is 1.47. The van der Waals surface area contributed by atoms with Crippen molar-refractivity contribution in [3.8, 4) is 0 Å². The van der Waals surface area contributed by atoms with Crippen molar-refractivity contribution in [1.82, 2.24) is 19.2 Å². The van der Waals surface area contributed by atoms with Gasteiger partial charge in [-0.3, -0.25) is 9.20 Å². The van der Waals surface area contributed by atoms with Crippen LogP contribution in [0.3, 0.4) is 0 Å². The van der Waals surface area contributed by atoms with Gasteiger partial charge in [0.2, 0.25) is 5.89 Å². The number of pyridine rings is 1. The van der Waals surface area contributed by atoms with E-state index in [1.165, 1.54) is 23.8 Å². The molecule has 0 aliphatic rings. The van der Waals surface area contributed by atoms with Crippen molar-refractivity contribution < 1.29 is 9.15 Å². The Morgan fingerprint density at radius 3 is 2.95 bits per heavy atom. The van der Waals surface area contributed by atoms with Crippen LogP contribution in [-0.2, 0) is 17.9 Å². The molecule has 0 aliphatic heterocycles. The van der Waals surface area contributed by atoms with Crippen molar-refractivity contribution in [3.63, 3.8) is 0 Å². The Kier molecular flexibility index (Phi) is 3.78. The van der Waals surface area contributed by atoms with Gasteiger partial charge in [0.25, 0.3) is 5.56 Å². The molecule has 8 nitrogen and oxygen atoms in total. The minimum absolute atomic E-state index is 0.0282. The molecule has 0 N–H and O–H groups in total. The molecule has 0 atom stereocenters. The average molecular weight is 323 g/mol. The third-order valence-corrected chi connectivity index (χ3v) is 3.13. The van der Waals surface area contributed by atoms with E-state index < -0.39 is 5.76 Å². The van der Waals surface area contributed by atoms with Gasteiger partial charge in [-0.1, -0.05) is 11.6 Å². The van der Waals surface area contributed by atoms with E-state index in [9.17, 15) is 9.59 Å². The normalized spacial score (nSPS) is 11.2. The van der Waals surface area contributed by atoms with Crippen molar-refractivity contribution in [2.45, 2.75) is 13.2 Å². The van der Waals surface area contributed by atoms with E-state index in [1.54, 1.807) is 12.1 Å². The highest BCUT2D eigenvalue weighted by molar-refractivity contribution is 6.30. The van der Waals surface area contributed by atoms with E-state index in [4.69, 9.17) is 20.8 Å². The maximum absolute atomic E-state index is 12.0. The van der Waals surface area contributed by atoms with Crippen LogP contribution in [0.15, 0.2) is 38.4 Å². The smallest absolute Gasteiger partial charge is 0.390 e. The molecule has 9 heteroatoms. The first-order chi connectivity index (χ1) is 10.6. The van der Waals surface area contributed by atoms with Crippen LogP contribution in [0.5, 0.6) is 0 Å². The first-order valence-corrected chi connectivity index (χ1v) is 6.68. The van der Waals surface area contributed by atoms with Gasteiger partial charge < -0.3 is 9.15 Å². The number of hydrogen-bond donors (Lipinski definition) is 0. The van der Waals surface area contributed by atoms with E-state index in [0.29, 0.717) is 16.4 Å². The van der Waals surface area contributed by atoms with Gasteiger partial charge in [-0.15, -0.1) is 5.10 Å². The molecular formula is C13H11ClN4O4. The Labute approximate surface area is 128 Å². The first-order valence-electron chi connectivity index (χ1n) is 6.30. The van der Waals surface area contributed by atoms with Gasteiger partial charge in [0.1, 0.15) is 12.3 Å². The fourth-order valence-electron chi connectivity index (χ4n) is 1.99. The quantitative estimate of drug-likeness (QED) is 0.702. The number of hydrogen-bond acceptors (Lipinski definition) is 6. The number of ether oxygens (including phenoxy) is 1. The van der Waals surface area contributed by atoms with Crippen LogP contribution in [0.25, 0.3) is 5.65 Å². The predicted octanol–water partition coefficient (Wildman–Crippen LogP) is 0.692. The summed E-state index contributed by atoms with van der Waals surface area (Å²) in [6.07, 6.45) is 1.48. The molecule has 0 spiro atoms. The average Bonchev–Trinajstić information content (AvgIpc) is 2.80. The molecule has 0 aromatic carbocycles. The summed E-state index contributed by atoms with van der Waals surface area (Å²) in [6, 6.07) is 4.57. The molecular weight excluding hydrogens is 312 g/mol. The third kappa shape index (κ3) is 2.78. The SMILES string of the molecule is COCc1nn(Cc2cc(=O)n3cc(Cl)ccc3n2)c(=O)o1. The van der Waals surface area contributed by atoms with Crippen LogP contribution >= 0.6 is 11.6 Å². The summed E-state index contributed by atoms with van der Waals surface area (Å²) in [5.74, 6) is -0.470. The second-order valence-electron chi connectivity index (χ2n) is 4.51. The molecule has 22 heavy (non-hydrogen) atoms. The van der Waals surface area contributed by atoms with Crippen LogP contribution in [0.1, 0.15) is 11.6 Å². The molecule has 0 unspecified atom stereocenters. The molecule has 114 valence electrons. The number of aromatic nitrogens is 4. The highest BCUT2D eigenvalue weighted by Gasteiger charge is 2.10. The maximum atomic E-state index is 12.0. The van der Waals surface area contributed by atoms with Gasteiger partial charge >= 0.3 is 5.76 Å². The Morgan fingerprint density at radius 1 is 1.36 bits per heavy atom. The van der Waals surface area contributed by atoms with Crippen LogP contribution < -0.4 is 11.3 Å².